The number of amides is 4. The van der Waals surface area contributed by atoms with Crippen molar-refractivity contribution in [1.82, 2.24) is 20.4 Å². The van der Waals surface area contributed by atoms with Gasteiger partial charge in [-0.25, -0.2) is 0 Å². The van der Waals surface area contributed by atoms with Crippen LogP contribution >= 0.6 is 0 Å². The molecule has 4 amide bonds. The molecule has 44 heavy (non-hydrogen) atoms. The standard InChI is InChI=1S/C32H53N5O7/c1-8-20(2)29(36(5)28(40)19-34-26(38)18-33)25(43-6)17-27(39)37-16-12-15-24(37)31(44-7)21(3)32(42)35-22(4)30(41)23-13-10-9-11-14-23/h9-11,13-14,20-22,24-25,29-31,41H,8,12,15-19,33H2,1-7H3,(H,34,38)(H,35,42). The molecule has 0 saturated carbocycles. The monoisotopic (exact) mass is 619 g/mol. The molecule has 12 nitrogen and oxygen atoms in total. The molecule has 0 spiro atoms. The zero-order chi connectivity index (χ0) is 33.0. The molecule has 1 aliphatic heterocycles. The number of aliphatic hydroxyl groups is 1. The van der Waals surface area contributed by atoms with Crippen molar-refractivity contribution in [3.05, 3.63) is 35.9 Å². The van der Waals surface area contributed by atoms with Gasteiger partial charge in [0.25, 0.3) is 0 Å². The first kappa shape index (κ1) is 37.1. The molecule has 1 heterocycles. The second-order valence-electron chi connectivity index (χ2n) is 11.8. The number of methoxy groups -OCH3 is 2. The van der Waals surface area contributed by atoms with E-state index in [1.165, 1.54) is 7.11 Å². The number of nitrogens with one attached hydrogen (secondary N) is 2. The Bertz CT molecular complexity index is 1070. The van der Waals surface area contributed by atoms with Crippen LogP contribution in [0.25, 0.3) is 0 Å². The van der Waals surface area contributed by atoms with Crippen molar-refractivity contribution in [3.63, 3.8) is 0 Å². The van der Waals surface area contributed by atoms with Gasteiger partial charge in [-0.1, -0.05) is 57.5 Å². The predicted molar refractivity (Wildman–Crippen MR) is 167 cm³/mol. The number of hydrogen-bond donors (Lipinski definition) is 4. The Kier molecular flexibility index (Phi) is 15.2. The second-order valence-corrected chi connectivity index (χ2v) is 11.8. The summed E-state index contributed by atoms with van der Waals surface area (Å²) in [4.78, 5) is 55.0. The number of hydrogen-bond acceptors (Lipinski definition) is 8. The molecule has 1 saturated heterocycles. The van der Waals surface area contributed by atoms with Crippen LogP contribution in [0.2, 0.25) is 0 Å². The molecule has 1 aromatic carbocycles. The third-order valence-electron chi connectivity index (χ3n) is 8.91. The van der Waals surface area contributed by atoms with Gasteiger partial charge in [-0.3, -0.25) is 19.2 Å². The minimum Gasteiger partial charge on any atom is -0.386 e. The summed E-state index contributed by atoms with van der Waals surface area (Å²) < 4.78 is 11.7. The molecule has 0 bridgehead atoms. The largest absolute Gasteiger partial charge is 0.386 e. The van der Waals surface area contributed by atoms with Crippen molar-refractivity contribution in [2.75, 3.05) is 40.9 Å². The van der Waals surface area contributed by atoms with E-state index in [1.807, 2.05) is 44.2 Å². The lowest BCUT2D eigenvalue weighted by atomic mass is 9.90. The molecule has 5 N–H and O–H groups in total. The third kappa shape index (κ3) is 9.72. The van der Waals surface area contributed by atoms with E-state index in [-0.39, 0.29) is 49.2 Å². The number of nitrogens with zero attached hydrogens (tertiary/aromatic N) is 2. The van der Waals surface area contributed by atoms with Gasteiger partial charge in [0.15, 0.2) is 0 Å². The van der Waals surface area contributed by atoms with Gasteiger partial charge in [-0.05, 0) is 31.2 Å². The number of carbonyl (C=O) groups excluding carboxylic acids is 4. The van der Waals surface area contributed by atoms with Crippen molar-refractivity contribution >= 4 is 23.6 Å². The van der Waals surface area contributed by atoms with Gasteiger partial charge >= 0.3 is 0 Å². The second kappa shape index (κ2) is 18.0. The van der Waals surface area contributed by atoms with Crippen LogP contribution in [0.15, 0.2) is 30.3 Å². The van der Waals surface area contributed by atoms with E-state index in [2.05, 4.69) is 10.6 Å². The molecule has 8 atom stereocenters. The molecular weight excluding hydrogens is 566 g/mol. The van der Waals surface area contributed by atoms with E-state index in [1.54, 1.807) is 37.8 Å². The van der Waals surface area contributed by atoms with Crippen molar-refractivity contribution in [2.45, 2.75) is 89.8 Å². The topological polar surface area (TPSA) is 164 Å². The lowest BCUT2D eigenvalue weighted by Crippen LogP contribution is -2.54. The van der Waals surface area contributed by atoms with Gasteiger partial charge in [0.1, 0.15) is 0 Å². The van der Waals surface area contributed by atoms with Crippen molar-refractivity contribution < 1.29 is 33.8 Å². The Morgan fingerprint density at radius 3 is 2.34 bits per heavy atom. The summed E-state index contributed by atoms with van der Waals surface area (Å²) in [7, 11) is 4.72. The van der Waals surface area contributed by atoms with Crippen LogP contribution in [0.5, 0.6) is 0 Å². The number of nitrogens with two attached hydrogens (primary N) is 1. The van der Waals surface area contributed by atoms with Crippen LogP contribution in [-0.4, -0.2) is 110 Å². The average molecular weight is 620 g/mol. The van der Waals surface area contributed by atoms with Crippen molar-refractivity contribution in [3.8, 4) is 0 Å². The minimum atomic E-state index is -0.871. The Morgan fingerprint density at radius 2 is 1.77 bits per heavy atom. The molecule has 12 heteroatoms. The van der Waals surface area contributed by atoms with E-state index >= 15 is 0 Å². The minimum absolute atomic E-state index is 0.00459. The highest BCUT2D eigenvalue weighted by molar-refractivity contribution is 5.85. The number of rotatable bonds is 17. The summed E-state index contributed by atoms with van der Waals surface area (Å²) in [6.07, 6.45) is 0.183. The third-order valence-corrected chi connectivity index (χ3v) is 8.91. The Labute approximate surface area is 262 Å². The van der Waals surface area contributed by atoms with Gasteiger partial charge in [-0.2, -0.15) is 0 Å². The van der Waals surface area contributed by atoms with Crippen molar-refractivity contribution in [2.24, 2.45) is 17.6 Å². The van der Waals surface area contributed by atoms with E-state index in [0.29, 0.717) is 18.5 Å². The number of aliphatic hydroxyl groups excluding tert-OH is 1. The van der Waals surface area contributed by atoms with Crippen LogP contribution in [0.3, 0.4) is 0 Å². The molecule has 2 rings (SSSR count). The lowest BCUT2D eigenvalue weighted by molar-refractivity contribution is -0.146. The molecule has 0 aliphatic carbocycles. The predicted octanol–water partition coefficient (Wildman–Crippen LogP) is 1.22. The fourth-order valence-corrected chi connectivity index (χ4v) is 6.07. The summed E-state index contributed by atoms with van der Waals surface area (Å²) >= 11 is 0. The molecule has 1 fully saturated rings. The Balaban J connectivity index is 2.14. The summed E-state index contributed by atoms with van der Waals surface area (Å²) in [5.41, 5.74) is 6.05. The quantitative estimate of drug-likeness (QED) is 0.202. The van der Waals surface area contributed by atoms with Gasteiger partial charge < -0.3 is 40.7 Å². The molecule has 8 unspecified atom stereocenters. The summed E-state index contributed by atoms with van der Waals surface area (Å²) in [6.45, 7) is 7.63. The summed E-state index contributed by atoms with van der Waals surface area (Å²) in [5, 5.41) is 16.2. The van der Waals surface area contributed by atoms with E-state index in [4.69, 9.17) is 15.2 Å². The number of likely N-dealkylation sites (tertiary alicyclic amines) is 1. The number of ether oxygens (including phenoxy) is 2. The first-order valence-electron chi connectivity index (χ1n) is 15.5. The maximum absolute atomic E-state index is 13.8. The van der Waals surface area contributed by atoms with Gasteiger partial charge in [0.05, 0.1) is 61.9 Å². The molecule has 1 aliphatic rings. The fourth-order valence-electron chi connectivity index (χ4n) is 6.07. The SMILES string of the molecule is CCC(C)C(C(CC(=O)N1CCCC1C(OC)C(C)C(=O)NC(C)C(O)c1ccccc1)OC)N(C)C(=O)CNC(=O)CN. The first-order chi connectivity index (χ1) is 20.9. The van der Waals surface area contributed by atoms with Crippen molar-refractivity contribution in [1.29, 1.82) is 0 Å². The zero-order valence-electron chi connectivity index (χ0n) is 27.3. The molecular formula is C32H53N5O7. The zero-order valence-corrected chi connectivity index (χ0v) is 27.3. The van der Waals surface area contributed by atoms with Crippen LogP contribution in [-0.2, 0) is 28.7 Å². The maximum atomic E-state index is 13.8. The molecule has 0 aromatic heterocycles. The summed E-state index contributed by atoms with van der Waals surface area (Å²) in [6, 6.07) is 7.87. The Hall–Kier alpha value is -3.06. The van der Waals surface area contributed by atoms with E-state index < -0.39 is 42.2 Å². The number of carbonyl (C=O) groups is 4. The normalized spacial score (nSPS) is 19.7. The van der Waals surface area contributed by atoms with Crippen LogP contribution < -0.4 is 16.4 Å². The van der Waals surface area contributed by atoms with E-state index in [0.717, 1.165) is 12.8 Å². The number of benzene rings is 1. The maximum Gasteiger partial charge on any atom is 0.242 e. The van der Waals surface area contributed by atoms with Crippen LogP contribution in [0.1, 0.15) is 65.0 Å². The highest BCUT2D eigenvalue weighted by Gasteiger charge is 2.42. The highest BCUT2D eigenvalue weighted by Crippen LogP contribution is 2.29. The Morgan fingerprint density at radius 1 is 1.11 bits per heavy atom. The average Bonchev–Trinajstić information content (AvgIpc) is 3.52. The van der Waals surface area contributed by atoms with Gasteiger partial charge in [0.2, 0.25) is 23.6 Å². The summed E-state index contributed by atoms with van der Waals surface area (Å²) in [5.74, 6) is -1.74. The van der Waals surface area contributed by atoms with Gasteiger partial charge in [0, 0.05) is 27.8 Å². The molecule has 0 radical (unpaired) electrons. The van der Waals surface area contributed by atoms with Gasteiger partial charge in [-0.15, -0.1) is 0 Å². The van der Waals surface area contributed by atoms with Crippen LogP contribution in [0.4, 0.5) is 0 Å². The fraction of sp³-hybridized carbons (Fsp3) is 0.688. The number of likely N-dealkylation sites (N-methyl/N-ethyl adjacent to an activating group) is 1. The molecule has 1 aromatic rings. The molecule has 248 valence electrons. The lowest BCUT2D eigenvalue weighted by Gasteiger charge is -2.39. The van der Waals surface area contributed by atoms with E-state index in [9.17, 15) is 24.3 Å². The van der Waals surface area contributed by atoms with Crippen LogP contribution in [0, 0.1) is 11.8 Å². The smallest absolute Gasteiger partial charge is 0.242 e. The highest BCUT2D eigenvalue weighted by atomic mass is 16.5. The first-order valence-corrected chi connectivity index (χ1v) is 15.5.